The van der Waals surface area contributed by atoms with Crippen molar-refractivity contribution in [3.8, 4) is 5.75 Å². The van der Waals surface area contributed by atoms with E-state index >= 15 is 0 Å². The van der Waals surface area contributed by atoms with Gasteiger partial charge in [-0.25, -0.2) is 0 Å². The van der Waals surface area contributed by atoms with E-state index in [1.807, 2.05) is 42.2 Å². The van der Waals surface area contributed by atoms with Gasteiger partial charge in [0.25, 0.3) is 5.91 Å². The number of methoxy groups -OCH3 is 1. The minimum atomic E-state index is 0.0359. The number of ether oxygens (including phenoxy) is 1. The van der Waals surface area contributed by atoms with Crippen LogP contribution in [0.25, 0.3) is 5.65 Å². The van der Waals surface area contributed by atoms with Crippen LogP contribution in [0.15, 0.2) is 36.4 Å². The molecule has 1 aliphatic heterocycles. The van der Waals surface area contributed by atoms with Gasteiger partial charge in [0.2, 0.25) is 0 Å². The zero-order valence-corrected chi connectivity index (χ0v) is 15.5. The highest BCUT2D eigenvalue weighted by atomic mass is 16.5. The molecule has 0 saturated carbocycles. The second-order valence-electron chi connectivity index (χ2n) is 6.57. The molecule has 1 fully saturated rings. The fraction of sp³-hybridized carbons (Fsp3) is 0.368. The third-order valence-corrected chi connectivity index (χ3v) is 4.83. The van der Waals surface area contributed by atoms with Gasteiger partial charge in [0, 0.05) is 31.7 Å². The number of carbonyl (C=O) groups is 1. The molecule has 0 atom stereocenters. The smallest absolute Gasteiger partial charge is 0.254 e. The van der Waals surface area contributed by atoms with Gasteiger partial charge in [0.05, 0.1) is 7.11 Å². The molecule has 0 aliphatic carbocycles. The quantitative estimate of drug-likeness (QED) is 0.704. The molecule has 0 N–H and O–H groups in total. The largest absolute Gasteiger partial charge is 0.497 e. The van der Waals surface area contributed by atoms with Crippen molar-refractivity contribution in [1.29, 1.82) is 0 Å². The van der Waals surface area contributed by atoms with Crippen LogP contribution in [0.1, 0.15) is 22.6 Å². The third kappa shape index (κ3) is 3.42. The van der Waals surface area contributed by atoms with Gasteiger partial charge in [-0.05, 0) is 43.7 Å². The van der Waals surface area contributed by atoms with Crippen molar-refractivity contribution in [1.82, 2.24) is 24.7 Å². The molecule has 1 aliphatic rings. The molecule has 8 nitrogen and oxygen atoms in total. The highest BCUT2D eigenvalue weighted by Crippen LogP contribution is 2.18. The molecule has 3 aromatic rings. The maximum absolute atomic E-state index is 12.9. The maximum atomic E-state index is 12.9. The molecule has 8 heteroatoms. The molecule has 2 aromatic heterocycles. The lowest BCUT2D eigenvalue weighted by molar-refractivity contribution is 0.0766. The summed E-state index contributed by atoms with van der Waals surface area (Å²) < 4.78 is 6.98. The molecule has 0 unspecified atom stereocenters. The highest BCUT2D eigenvalue weighted by Gasteiger charge is 2.21. The molecule has 4 rings (SSSR count). The van der Waals surface area contributed by atoms with E-state index in [0.717, 1.165) is 43.3 Å². The number of aryl methyl sites for hydroxylation is 1. The summed E-state index contributed by atoms with van der Waals surface area (Å²) >= 11 is 0. The predicted molar refractivity (Wildman–Crippen MR) is 101 cm³/mol. The molecular formula is C19H22N6O2. The summed E-state index contributed by atoms with van der Waals surface area (Å²) in [7, 11) is 1.61. The molecule has 0 radical (unpaired) electrons. The van der Waals surface area contributed by atoms with Gasteiger partial charge in [0.15, 0.2) is 11.5 Å². The summed E-state index contributed by atoms with van der Waals surface area (Å²) in [6.45, 7) is 4.84. The summed E-state index contributed by atoms with van der Waals surface area (Å²) in [5.41, 5.74) is 1.39. The molecule has 1 saturated heterocycles. The fourth-order valence-corrected chi connectivity index (χ4v) is 3.34. The monoisotopic (exact) mass is 366 g/mol. The van der Waals surface area contributed by atoms with Crippen molar-refractivity contribution in [2.24, 2.45) is 0 Å². The number of fused-ring (bicyclic) bond motifs is 1. The normalized spacial score (nSPS) is 15.0. The van der Waals surface area contributed by atoms with Crippen molar-refractivity contribution < 1.29 is 9.53 Å². The number of aromatic nitrogens is 4. The number of benzene rings is 1. The predicted octanol–water partition coefficient (Wildman–Crippen LogP) is 1.79. The van der Waals surface area contributed by atoms with Gasteiger partial charge in [-0.1, -0.05) is 6.07 Å². The van der Waals surface area contributed by atoms with Crippen LogP contribution in [0.5, 0.6) is 5.75 Å². The maximum Gasteiger partial charge on any atom is 0.254 e. The number of carbonyl (C=O) groups excluding carboxylic acids is 1. The number of rotatable bonds is 3. The first-order valence-electron chi connectivity index (χ1n) is 9.03. The first kappa shape index (κ1) is 17.3. The molecule has 1 amide bonds. The van der Waals surface area contributed by atoms with Crippen LogP contribution in [-0.4, -0.2) is 63.9 Å². The van der Waals surface area contributed by atoms with Gasteiger partial charge >= 0.3 is 0 Å². The Bertz CT molecular complexity index is 970. The molecule has 0 spiro atoms. The summed E-state index contributed by atoms with van der Waals surface area (Å²) in [6.07, 6.45) is 0.886. The van der Waals surface area contributed by atoms with Crippen LogP contribution in [-0.2, 0) is 0 Å². The lowest BCUT2D eigenvalue weighted by atomic mass is 10.2. The van der Waals surface area contributed by atoms with Crippen molar-refractivity contribution >= 4 is 17.4 Å². The van der Waals surface area contributed by atoms with Gasteiger partial charge in [-0.15, -0.1) is 15.3 Å². The second-order valence-corrected chi connectivity index (χ2v) is 6.57. The average molecular weight is 366 g/mol. The summed E-state index contributed by atoms with van der Waals surface area (Å²) in [4.78, 5) is 17.0. The SMILES string of the molecule is COc1cccc(C(=O)N2CCCN(c3ccc4nnc(C)n4n3)CC2)c1. The van der Waals surface area contributed by atoms with Gasteiger partial charge in [-0.3, -0.25) is 4.79 Å². The zero-order chi connectivity index (χ0) is 18.8. The molecular weight excluding hydrogens is 344 g/mol. The Morgan fingerprint density at radius 3 is 2.81 bits per heavy atom. The average Bonchev–Trinajstić information content (AvgIpc) is 2.92. The van der Waals surface area contributed by atoms with Crippen LogP contribution in [0.4, 0.5) is 5.82 Å². The third-order valence-electron chi connectivity index (χ3n) is 4.83. The van der Waals surface area contributed by atoms with Crippen molar-refractivity contribution in [2.75, 3.05) is 38.2 Å². The van der Waals surface area contributed by atoms with E-state index in [9.17, 15) is 4.79 Å². The Morgan fingerprint density at radius 1 is 1.07 bits per heavy atom. The van der Waals surface area contributed by atoms with Crippen molar-refractivity contribution in [3.63, 3.8) is 0 Å². The second kappa shape index (κ2) is 7.22. The summed E-state index contributed by atoms with van der Waals surface area (Å²) in [5, 5.41) is 12.8. The standard InChI is InChI=1S/C19H22N6O2/c1-14-20-21-17-7-8-18(22-25(14)17)23-9-4-10-24(12-11-23)19(26)15-5-3-6-16(13-15)27-2/h3,5-8,13H,4,9-12H2,1-2H3. The molecule has 27 heavy (non-hydrogen) atoms. The molecule has 3 heterocycles. The lowest BCUT2D eigenvalue weighted by Crippen LogP contribution is -2.35. The highest BCUT2D eigenvalue weighted by molar-refractivity contribution is 5.94. The van der Waals surface area contributed by atoms with E-state index in [-0.39, 0.29) is 5.91 Å². The van der Waals surface area contributed by atoms with E-state index in [4.69, 9.17) is 4.74 Å². The lowest BCUT2D eigenvalue weighted by Gasteiger charge is -2.23. The van der Waals surface area contributed by atoms with Crippen LogP contribution >= 0.6 is 0 Å². The van der Waals surface area contributed by atoms with Crippen LogP contribution in [0.2, 0.25) is 0 Å². The zero-order valence-electron chi connectivity index (χ0n) is 15.5. The van der Waals surface area contributed by atoms with E-state index in [0.29, 0.717) is 17.9 Å². The minimum absolute atomic E-state index is 0.0359. The van der Waals surface area contributed by atoms with Gasteiger partial charge in [0.1, 0.15) is 11.6 Å². The first-order valence-corrected chi connectivity index (χ1v) is 9.03. The Hall–Kier alpha value is -3.16. The molecule has 1 aromatic carbocycles. The first-order chi connectivity index (χ1) is 13.2. The van der Waals surface area contributed by atoms with Gasteiger partial charge in [-0.2, -0.15) is 4.52 Å². The van der Waals surface area contributed by atoms with E-state index < -0.39 is 0 Å². The molecule has 0 bridgehead atoms. The number of hydrogen-bond acceptors (Lipinski definition) is 6. The Morgan fingerprint density at radius 2 is 1.96 bits per heavy atom. The van der Waals surface area contributed by atoms with E-state index in [1.54, 1.807) is 17.7 Å². The van der Waals surface area contributed by atoms with Gasteiger partial charge < -0.3 is 14.5 Å². The summed E-state index contributed by atoms with van der Waals surface area (Å²) in [6, 6.07) is 11.2. The number of hydrogen-bond donors (Lipinski definition) is 0. The van der Waals surface area contributed by atoms with E-state index in [1.165, 1.54) is 0 Å². The Kier molecular flexibility index (Phi) is 4.62. The van der Waals surface area contributed by atoms with Crippen molar-refractivity contribution in [3.05, 3.63) is 47.8 Å². The van der Waals surface area contributed by atoms with Crippen LogP contribution in [0.3, 0.4) is 0 Å². The minimum Gasteiger partial charge on any atom is -0.497 e. The topological polar surface area (TPSA) is 75.9 Å². The number of amides is 1. The van der Waals surface area contributed by atoms with Crippen LogP contribution < -0.4 is 9.64 Å². The Labute approximate surface area is 157 Å². The van der Waals surface area contributed by atoms with Crippen LogP contribution in [0, 0.1) is 6.92 Å². The van der Waals surface area contributed by atoms with Crippen molar-refractivity contribution in [2.45, 2.75) is 13.3 Å². The summed E-state index contributed by atoms with van der Waals surface area (Å²) in [5.74, 6) is 2.37. The molecule has 140 valence electrons. The number of nitrogens with zero attached hydrogens (tertiary/aromatic N) is 6. The fourth-order valence-electron chi connectivity index (χ4n) is 3.34. The number of anilines is 1. The Balaban J connectivity index is 1.49. The van der Waals surface area contributed by atoms with E-state index in [2.05, 4.69) is 20.2 Å².